The van der Waals surface area contributed by atoms with Crippen molar-refractivity contribution in [1.82, 2.24) is 4.98 Å². The van der Waals surface area contributed by atoms with E-state index in [9.17, 15) is 14.4 Å². The Morgan fingerprint density at radius 1 is 0.970 bits per heavy atom. The molecule has 1 N–H and O–H groups in total. The topological polar surface area (TPSA) is 79.4 Å². The number of thioether (sulfide) groups is 1. The van der Waals surface area contributed by atoms with Crippen molar-refractivity contribution in [2.24, 2.45) is 0 Å². The van der Waals surface area contributed by atoms with Crippen LogP contribution in [0.4, 0.5) is 11.4 Å². The molecule has 0 bridgehead atoms. The van der Waals surface area contributed by atoms with E-state index in [-0.39, 0.29) is 23.5 Å². The number of carbonyl (C=O) groups is 3. The molecule has 3 amide bonds. The van der Waals surface area contributed by atoms with Crippen LogP contribution in [0.15, 0.2) is 65.0 Å². The number of hydrogen-bond acceptors (Lipinski definition) is 6. The van der Waals surface area contributed by atoms with Crippen LogP contribution in [0.25, 0.3) is 10.2 Å². The lowest BCUT2D eigenvalue weighted by molar-refractivity contribution is -0.113. The molecule has 164 valence electrons. The molecule has 5 rings (SSSR count). The van der Waals surface area contributed by atoms with Crippen molar-refractivity contribution in [1.29, 1.82) is 0 Å². The summed E-state index contributed by atoms with van der Waals surface area (Å²) in [4.78, 5) is 43.8. The normalized spacial score (nSPS) is 13.0. The predicted molar refractivity (Wildman–Crippen MR) is 132 cm³/mol. The van der Waals surface area contributed by atoms with Crippen molar-refractivity contribution in [2.75, 3.05) is 16.0 Å². The van der Waals surface area contributed by atoms with Crippen LogP contribution in [0.2, 0.25) is 0 Å². The highest BCUT2D eigenvalue weighted by Gasteiger charge is 2.36. The van der Waals surface area contributed by atoms with Gasteiger partial charge in [-0.2, -0.15) is 0 Å². The molecule has 8 heteroatoms. The molecule has 0 atom stereocenters. The minimum Gasteiger partial charge on any atom is -0.325 e. The Kier molecular flexibility index (Phi) is 5.47. The molecule has 33 heavy (non-hydrogen) atoms. The van der Waals surface area contributed by atoms with E-state index in [1.807, 2.05) is 32.0 Å². The average Bonchev–Trinajstić information content (AvgIpc) is 3.33. The Morgan fingerprint density at radius 3 is 2.30 bits per heavy atom. The van der Waals surface area contributed by atoms with Crippen molar-refractivity contribution in [3.63, 3.8) is 0 Å². The van der Waals surface area contributed by atoms with E-state index < -0.39 is 0 Å². The van der Waals surface area contributed by atoms with E-state index in [1.165, 1.54) is 28.0 Å². The molecule has 0 fully saturated rings. The first-order valence-electron chi connectivity index (χ1n) is 10.3. The fourth-order valence-corrected chi connectivity index (χ4v) is 5.73. The maximum Gasteiger partial charge on any atom is 0.266 e. The molecule has 0 radical (unpaired) electrons. The monoisotopic (exact) mass is 473 g/mol. The second-order valence-corrected chi connectivity index (χ2v) is 9.98. The zero-order valence-electron chi connectivity index (χ0n) is 17.9. The first kappa shape index (κ1) is 21.4. The number of rotatable bonds is 5. The number of anilines is 2. The van der Waals surface area contributed by atoms with Crippen molar-refractivity contribution >= 4 is 62.4 Å². The van der Waals surface area contributed by atoms with Crippen molar-refractivity contribution < 1.29 is 14.4 Å². The molecule has 0 spiro atoms. The Morgan fingerprint density at radius 2 is 1.64 bits per heavy atom. The summed E-state index contributed by atoms with van der Waals surface area (Å²) in [6.45, 7) is 3.94. The van der Waals surface area contributed by atoms with Gasteiger partial charge in [0, 0.05) is 5.69 Å². The van der Waals surface area contributed by atoms with Gasteiger partial charge in [0.05, 0.1) is 32.8 Å². The molecule has 0 unspecified atom stereocenters. The first-order chi connectivity index (χ1) is 15.9. The lowest BCUT2D eigenvalue weighted by Crippen LogP contribution is -2.29. The van der Waals surface area contributed by atoms with Gasteiger partial charge in [-0.05, 0) is 55.3 Å². The van der Waals surface area contributed by atoms with Gasteiger partial charge in [-0.25, -0.2) is 9.88 Å². The van der Waals surface area contributed by atoms with Gasteiger partial charge in [0.2, 0.25) is 5.91 Å². The van der Waals surface area contributed by atoms with Crippen LogP contribution < -0.4 is 10.2 Å². The number of imide groups is 1. The van der Waals surface area contributed by atoms with E-state index in [2.05, 4.69) is 10.3 Å². The van der Waals surface area contributed by atoms with Gasteiger partial charge < -0.3 is 5.32 Å². The summed E-state index contributed by atoms with van der Waals surface area (Å²) in [7, 11) is 0. The largest absolute Gasteiger partial charge is 0.325 e. The van der Waals surface area contributed by atoms with E-state index >= 15 is 0 Å². The van der Waals surface area contributed by atoms with Crippen molar-refractivity contribution in [3.05, 3.63) is 82.9 Å². The van der Waals surface area contributed by atoms with Crippen LogP contribution in [0.1, 0.15) is 31.8 Å². The smallest absolute Gasteiger partial charge is 0.266 e. The minimum absolute atomic E-state index is 0.0941. The standard InChI is InChI=1S/C25H19N3O3S2/c1-14-6-5-7-15(2)22(14)27-21(29)13-32-25-26-19-11-10-16(12-20(19)33-25)28-23(30)17-8-3-4-9-18(17)24(28)31/h3-12H,13H2,1-2H3,(H,27,29). The Bertz CT molecular complexity index is 1390. The Balaban J connectivity index is 1.32. The van der Waals surface area contributed by atoms with Crippen LogP contribution in [0, 0.1) is 13.8 Å². The Labute approximate surface area is 198 Å². The summed E-state index contributed by atoms with van der Waals surface area (Å²) in [5, 5.41) is 2.98. The van der Waals surface area contributed by atoms with E-state index in [0.717, 1.165) is 31.4 Å². The lowest BCUT2D eigenvalue weighted by atomic mass is 10.1. The van der Waals surface area contributed by atoms with Gasteiger partial charge in [-0.1, -0.05) is 42.1 Å². The summed E-state index contributed by atoms with van der Waals surface area (Å²) in [5.41, 5.74) is 5.00. The molecule has 6 nitrogen and oxygen atoms in total. The van der Waals surface area contributed by atoms with Gasteiger partial charge >= 0.3 is 0 Å². The molecule has 1 aliphatic rings. The van der Waals surface area contributed by atoms with E-state index in [0.29, 0.717) is 16.8 Å². The quantitative estimate of drug-likeness (QED) is 0.308. The lowest BCUT2D eigenvalue weighted by Gasteiger charge is -2.13. The SMILES string of the molecule is Cc1cccc(C)c1NC(=O)CSc1nc2ccc(N3C(=O)c4ccccc4C3=O)cc2s1. The number of benzene rings is 3. The van der Waals surface area contributed by atoms with Gasteiger partial charge in [0.15, 0.2) is 4.34 Å². The molecule has 3 aromatic carbocycles. The number of nitrogens with zero attached hydrogens (tertiary/aromatic N) is 2. The number of thiazole rings is 1. The highest BCUT2D eigenvalue weighted by atomic mass is 32.2. The molecule has 0 saturated heterocycles. The highest BCUT2D eigenvalue weighted by Crippen LogP contribution is 2.35. The summed E-state index contributed by atoms with van der Waals surface area (Å²) < 4.78 is 1.60. The maximum absolute atomic E-state index is 12.8. The molecular weight excluding hydrogens is 454 g/mol. The first-order valence-corrected chi connectivity index (χ1v) is 12.1. The summed E-state index contributed by atoms with van der Waals surface area (Å²) >= 11 is 2.80. The van der Waals surface area contributed by atoms with E-state index in [1.54, 1.807) is 42.5 Å². The highest BCUT2D eigenvalue weighted by molar-refractivity contribution is 8.01. The van der Waals surface area contributed by atoms with Gasteiger partial charge in [0.1, 0.15) is 0 Å². The van der Waals surface area contributed by atoms with Crippen LogP contribution in [-0.4, -0.2) is 28.5 Å². The minimum atomic E-state index is -0.322. The second-order valence-electron chi connectivity index (χ2n) is 7.73. The van der Waals surface area contributed by atoms with Crippen molar-refractivity contribution in [3.8, 4) is 0 Å². The molecule has 0 saturated carbocycles. The summed E-state index contributed by atoms with van der Waals surface area (Å²) in [6.07, 6.45) is 0. The Hall–Kier alpha value is -3.49. The number of nitrogens with one attached hydrogen (secondary N) is 1. The van der Waals surface area contributed by atoms with Crippen LogP contribution in [0.5, 0.6) is 0 Å². The number of aryl methyl sites for hydroxylation is 2. The molecule has 1 aliphatic heterocycles. The maximum atomic E-state index is 12.8. The average molecular weight is 474 g/mol. The van der Waals surface area contributed by atoms with Crippen molar-refractivity contribution in [2.45, 2.75) is 18.2 Å². The van der Waals surface area contributed by atoms with Gasteiger partial charge in [0.25, 0.3) is 11.8 Å². The number of aromatic nitrogens is 1. The molecule has 0 aliphatic carbocycles. The van der Waals surface area contributed by atoms with Gasteiger partial charge in [-0.15, -0.1) is 11.3 Å². The number of hydrogen-bond donors (Lipinski definition) is 1. The fraction of sp³-hybridized carbons (Fsp3) is 0.120. The fourth-order valence-electron chi connectivity index (χ4n) is 3.83. The number of fused-ring (bicyclic) bond motifs is 2. The van der Waals surface area contributed by atoms with Crippen LogP contribution in [-0.2, 0) is 4.79 Å². The van der Waals surface area contributed by atoms with E-state index in [4.69, 9.17) is 0 Å². The number of amides is 3. The summed E-state index contributed by atoms with van der Waals surface area (Å²) in [5.74, 6) is -0.503. The molecule has 1 aromatic heterocycles. The molecular formula is C25H19N3O3S2. The molecule has 2 heterocycles. The van der Waals surface area contributed by atoms with Crippen LogP contribution in [0.3, 0.4) is 0 Å². The third-order valence-corrected chi connectivity index (χ3v) is 7.64. The number of carbonyl (C=O) groups excluding carboxylic acids is 3. The predicted octanol–water partition coefficient (Wildman–Crippen LogP) is 5.44. The third kappa shape index (κ3) is 3.92. The molecule has 4 aromatic rings. The van der Waals surface area contributed by atoms with Gasteiger partial charge in [-0.3, -0.25) is 14.4 Å². The zero-order valence-corrected chi connectivity index (χ0v) is 19.5. The second kappa shape index (κ2) is 8.46. The van der Waals surface area contributed by atoms with Crippen LogP contribution >= 0.6 is 23.1 Å². The number of para-hydroxylation sites is 1. The summed E-state index contributed by atoms with van der Waals surface area (Å²) in [6, 6.07) is 18.1. The third-order valence-electron chi connectivity index (χ3n) is 5.48. The zero-order chi connectivity index (χ0) is 23.1.